The number of hydrogen-bond donors (Lipinski definition) is 1. The number of rotatable bonds is 4. The Morgan fingerprint density at radius 3 is 1.85 bits per heavy atom. The van der Waals surface area contributed by atoms with E-state index in [-0.39, 0.29) is 23.9 Å². The molecule has 0 aliphatic carbocycles. The molecule has 3 amide bonds. The normalized spacial score (nSPS) is 14.9. The Labute approximate surface area is 161 Å². The maximum atomic E-state index is 13.4. The second kappa shape index (κ2) is 8.71. The fraction of sp³-hybridized carbons (Fsp3) is 0.364. The van der Waals surface area contributed by atoms with Crippen LogP contribution in [0.5, 0.6) is 0 Å². The predicted molar refractivity (Wildman–Crippen MR) is 107 cm³/mol. The van der Waals surface area contributed by atoms with Crippen molar-refractivity contribution in [1.29, 1.82) is 0 Å². The summed E-state index contributed by atoms with van der Waals surface area (Å²) in [5, 5.41) is 3.02. The number of likely N-dealkylation sites (tertiary alicyclic amines) is 1. The van der Waals surface area contributed by atoms with Gasteiger partial charge in [-0.1, -0.05) is 60.7 Å². The van der Waals surface area contributed by atoms with Crippen molar-refractivity contribution in [3.63, 3.8) is 0 Å². The van der Waals surface area contributed by atoms with E-state index in [4.69, 9.17) is 0 Å². The van der Waals surface area contributed by atoms with E-state index in [0.717, 1.165) is 24.0 Å². The lowest BCUT2D eigenvalue weighted by molar-refractivity contribution is -0.132. The summed E-state index contributed by atoms with van der Waals surface area (Å²) >= 11 is 0. The van der Waals surface area contributed by atoms with Crippen LogP contribution in [0, 0.1) is 0 Å². The first-order valence-electron chi connectivity index (χ1n) is 9.42. The van der Waals surface area contributed by atoms with E-state index in [1.165, 1.54) is 0 Å². The molecule has 0 saturated carbocycles. The molecule has 0 aromatic heterocycles. The minimum atomic E-state index is -0.291. The Hall–Kier alpha value is -2.82. The van der Waals surface area contributed by atoms with Crippen LogP contribution in [-0.4, -0.2) is 55.0 Å². The highest BCUT2D eigenvalue weighted by Crippen LogP contribution is 2.28. The molecule has 5 nitrogen and oxygen atoms in total. The first kappa shape index (κ1) is 19.0. The van der Waals surface area contributed by atoms with Gasteiger partial charge in [-0.2, -0.15) is 0 Å². The highest BCUT2D eigenvalue weighted by Gasteiger charge is 2.30. The molecule has 0 radical (unpaired) electrons. The van der Waals surface area contributed by atoms with E-state index >= 15 is 0 Å². The van der Waals surface area contributed by atoms with Crippen molar-refractivity contribution in [1.82, 2.24) is 15.1 Å². The molecule has 0 bridgehead atoms. The van der Waals surface area contributed by atoms with Gasteiger partial charge in [0.15, 0.2) is 0 Å². The van der Waals surface area contributed by atoms with Gasteiger partial charge in [0.05, 0.1) is 5.92 Å². The first-order valence-corrected chi connectivity index (χ1v) is 9.42. The third-order valence-electron chi connectivity index (χ3n) is 5.05. The van der Waals surface area contributed by atoms with Crippen LogP contribution in [0.4, 0.5) is 4.79 Å². The highest BCUT2D eigenvalue weighted by atomic mass is 16.2. The third kappa shape index (κ3) is 4.67. The topological polar surface area (TPSA) is 52.7 Å². The van der Waals surface area contributed by atoms with Crippen LogP contribution < -0.4 is 5.32 Å². The molecular formula is C22H27N3O2. The molecule has 1 saturated heterocycles. The van der Waals surface area contributed by atoms with Crippen LogP contribution in [0.2, 0.25) is 0 Å². The number of carbonyl (C=O) groups is 2. The number of benzene rings is 2. The number of amides is 3. The molecule has 1 fully saturated rings. The summed E-state index contributed by atoms with van der Waals surface area (Å²) in [4.78, 5) is 28.7. The van der Waals surface area contributed by atoms with Gasteiger partial charge in [0, 0.05) is 33.2 Å². The van der Waals surface area contributed by atoms with Gasteiger partial charge in [0.1, 0.15) is 0 Å². The van der Waals surface area contributed by atoms with Gasteiger partial charge in [-0.15, -0.1) is 0 Å². The number of urea groups is 1. The predicted octanol–water partition coefficient (Wildman–Crippen LogP) is 3.08. The number of nitrogens with zero attached hydrogens (tertiary/aromatic N) is 2. The van der Waals surface area contributed by atoms with E-state index in [0.29, 0.717) is 13.1 Å². The Morgan fingerprint density at radius 2 is 1.41 bits per heavy atom. The van der Waals surface area contributed by atoms with Crippen LogP contribution in [0.25, 0.3) is 0 Å². The van der Waals surface area contributed by atoms with Crippen LogP contribution in [0.1, 0.15) is 29.9 Å². The fourth-order valence-corrected chi connectivity index (χ4v) is 3.50. The summed E-state index contributed by atoms with van der Waals surface area (Å²) in [6.07, 6.45) is 1.56. The Bertz CT molecular complexity index is 714. The molecule has 0 spiro atoms. The minimum absolute atomic E-state index is 0.0776. The SMILES string of the molecule is CN(C)C(=O)NC1CCN(C(=O)C(c2ccccc2)c2ccccc2)CC1. The Balaban J connectivity index is 1.72. The van der Waals surface area contributed by atoms with Crippen molar-refractivity contribution in [2.24, 2.45) is 0 Å². The highest BCUT2D eigenvalue weighted by molar-refractivity contribution is 5.87. The molecule has 3 rings (SSSR count). The molecule has 0 atom stereocenters. The number of carbonyl (C=O) groups excluding carboxylic acids is 2. The number of hydrogen-bond acceptors (Lipinski definition) is 2. The third-order valence-corrected chi connectivity index (χ3v) is 5.05. The lowest BCUT2D eigenvalue weighted by Gasteiger charge is -2.35. The minimum Gasteiger partial charge on any atom is -0.342 e. The lowest BCUT2D eigenvalue weighted by atomic mass is 9.89. The molecule has 1 heterocycles. The molecule has 5 heteroatoms. The zero-order valence-corrected chi connectivity index (χ0v) is 16.0. The van der Waals surface area contributed by atoms with E-state index in [1.54, 1.807) is 19.0 Å². The van der Waals surface area contributed by atoms with Crippen molar-refractivity contribution >= 4 is 11.9 Å². The summed E-state index contributed by atoms with van der Waals surface area (Å²) in [5.41, 5.74) is 2.02. The van der Waals surface area contributed by atoms with Crippen molar-refractivity contribution < 1.29 is 9.59 Å². The van der Waals surface area contributed by atoms with E-state index in [2.05, 4.69) is 5.32 Å². The van der Waals surface area contributed by atoms with Crippen molar-refractivity contribution in [2.45, 2.75) is 24.8 Å². The standard InChI is InChI=1S/C22H27N3O2/c1-24(2)22(27)23-19-13-15-25(16-14-19)21(26)20(17-9-5-3-6-10-17)18-11-7-4-8-12-18/h3-12,19-20H,13-16H2,1-2H3,(H,23,27). The smallest absolute Gasteiger partial charge is 0.317 e. The van der Waals surface area contributed by atoms with Crippen molar-refractivity contribution in [2.75, 3.05) is 27.2 Å². The largest absolute Gasteiger partial charge is 0.342 e. The molecule has 142 valence electrons. The summed E-state index contributed by atoms with van der Waals surface area (Å²) in [7, 11) is 3.47. The van der Waals surface area contributed by atoms with E-state index in [9.17, 15) is 9.59 Å². The zero-order valence-electron chi connectivity index (χ0n) is 16.0. The van der Waals surface area contributed by atoms with Gasteiger partial charge in [-0.25, -0.2) is 4.79 Å². The van der Waals surface area contributed by atoms with E-state index < -0.39 is 0 Å². The van der Waals surface area contributed by atoms with Crippen LogP contribution in [0.3, 0.4) is 0 Å². The summed E-state index contributed by atoms with van der Waals surface area (Å²) in [6.45, 7) is 1.32. The van der Waals surface area contributed by atoms with Crippen LogP contribution in [0.15, 0.2) is 60.7 Å². The molecule has 1 aliphatic heterocycles. The van der Waals surface area contributed by atoms with Crippen LogP contribution in [-0.2, 0) is 4.79 Å². The molecule has 1 aliphatic rings. The van der Waals surface area contributed by atoms with Gasteiger partial charge in [-0.3, -0.25) is 4.79 Å². The summed E-state index contributed by atoms with van der Waals surface area (Å²) < 4.78 is 0. The second-order valence-electron chi connectivity index (χ2n) is 7.20. The van der Waals surface area contributed by atoms with E-state index in [1.807, 2.05) is 65.6 Å². The number of piperidine rings is 1. The number of nitrogens with one attached hydrogen (secondary N) is 1. The monoisotopic (exact) mass is 365 g/mol. The second-order valence-corrected chi connectivity index (χ2v) is 7.20. The van der Waals surface area contributed by atoms with Gasteiger partial charge in [0.25, 0.3) is 0 Å². The first-order chi connectivity index (χ1) is 13.1. The summed E-state index contributed by atoms with van der Waals surface area (Å²) in [6, 6.07) is 19.9. The van der Waals surface area contributed by atoms with Gasteiger partial charge >= 0.3 is 6.03 Å². The molecule has 2 aromatic rings. The Morgan fingerprint density at radius 1 is 0.926 bits per heavy atom. The maximum Gasteiger partial charge on any atom is 0.317 e. The van der Waals surface area contributed by atoms with Crippen molar-refractivity contribution in [3.05, 3.63) is 71.8 Å². The van der Waals surface area contributed by atoms with Crippen molar-refractivity contribution in [3.8, 4) is 0 Å². The molecular weight excluding hydrogens is 338 g/mol. The Kier molecular flexibility index (Phi) is 6.12. The molecule has 2 aromatic carbocycles. The fourth-order valence-electron chi connectivity index (χ4n) is 3.50. The average Bonchev–Trinajstić information content (AvgIpc) is 2.70. The van der Waals surface area contributed by atoms with Crippen LogP contribution >= 0.6 is 0 Å². The maximum absolute atomic E-state index is 13.4. The van der Waals surface area contributed by atoms with Gasteiger partial charge in [-0.05, 0) is 24.0 Å². The molecule has 27 heavy (non-hydrogen) atoms. The molecule has 0 unspecified atom stereocenters. The quantitative estimate of drug-likeness (QED) is 0.905. The molecule has 1 N–H and O–H groups in total. The lowest BCUT2D eigenvalue weighted by Crippen LogP contribution is -2.49. The van der Waals surface area contributed by atoms with Gasteiger partial charge < -0.3 is 15.1 Å². The zero-order chi connectivity index (χ0) is 19.2. The van der Waals surface area contributed by atoms with Gasteiger partial charge in [0.2, 0.25) is 5.91 Å². The summed E-state index contributed by atoms with van der Waals surface area (Å²) in [5.74, 6) is -0.162. The average molecular weight is 365 g/mol.